The van der Waals surface area contributed by atoms with Gasteiger partial charge in [-0.2, -0.15) is 0 Å². The summed E-state index contributed by atoms with van der Waals surface area (Å²) in [6.07, 6.45) is 4.28. The van der Waals surface area contributed by atoms with E-state index in [0.717, 1.165) is 32.0 Å². The van der Waals surface area contributed by atoms with Gasteiger partial charge in [0.15, 0.2) is 0 Å². The number of hydrogen-bond donors (Lipinski definition) is 2. The molecule has 1 aliphatic heterocycles. The van der Waals surface area contributed by atoms with E-state index >= 15 is 0 Å². The zero-order valence-corrected chi connectivity index (χ0v) is 15.7. The van der Waals surface area contributed by atoms with Gasteiger partial charge in [-0.3, -0.25) is 4.79 Å². The van der Waals surface area contributed by atoms with Crippen molar-refractivity contribution in [2.24, 2.45) is 0 Å². The monoisotopic (exact) mass is 391 g/mol. The molecule has 0 atom stereocenters. The van der Waals surface area contributed by atoms with E-state index in [1.54, 1.807) is 12.1 Å². The van der Waals surface area contributed by atoms with Gasteiger partial charge in [0.1, 0.15) is 0 Å². The van der Waals surface area contributed by atoms with Crippen LogP contribution in [0.2, 0.25) is 4.34 Å². The van der Waals surface area contributed by atoms with Crippen LogP contribution in [0.15, 0.2) is 12.1 Å². The molecule has 6 nitrogen and oxygen atoms in total. The summed E-state index contributed by atoms with van der Waals surface area (Å²) in [5, 5.41) is 2.62. The third kappa shape index (κ3) is 5.16. The zero-order valence-electron chi connectivity index (χ0n) is 13.3. The van der Waals surface area contributed by atoms with E-state index < -0.39 is 10.0 Å². The molecule has 0 radical (unpaired) electrons. The molecule has 134 valence electrons. The molecule has 2 aliphatic rings. The quantitative estimate of drug-likeness (QED) is 0.741. The Labute approximate surface area is 151 Å². The minimum absolute atomic E-state index is 0.0109. The van der Waals surface area contributed by atoms with Crippen molar-refractivity contribution < 1.29 is 13.2 Å². The summed E-state index contributed by atoms with van der Waals surface area (Å²) >= 11 is 6.96. The van der Waals surface area contributed by atoms with E-state index in [1.807, 2.05) is 0 Å². The van der Waals surface area contributed by atoms with Gasteiger partial charge in [0.2, 0.25) is 10.0 Å². The molecule has 2 N–H and O–H groups in total. The van der Waals surface area contributed by atoms with Gasteiger partial charge in [0, 0.05) is 18.6 Å². The lowest BCUT2D eigenvalue weighted by Crippen LogP contribution is -2.46. The Morgan fingerprint density at radius 1 is 1.25 bits per heavy atom. The van der Waals surface area contributed by atoms with Crippen molar-refractivity contribution in [2.45, 2.75) is 37.8 Å². The second-order valence-corrected chi connectivity index (χ2v) is 9.93. The molecule has 0 aromatic carbocycles. The highest BCUT2D eigenvalue weighted by atomic mass is 35.5. The summed E-state index contributed by atoms with van der Waals surface area (Å²) in [5.74, 6) is -0.402. The van der Waals surface area contributed by atoms with Gasteiger partial charge in [-0.1, -0.05) is 11.6 Å². The lowest BCUT2D eigenvalue weighted by Gasteiger charge is -2.32. The first-order chi connectivity index (χ1) is 11.4. The van der Waals surface area contributed by atoms with Crippen LogP contribution < -0.4 is 10.0 Å². The Kier molecular flexibility index (Phi) is 5.82. The number of amides is 1. The summed E-state index contributed by atoms with van der Waals surface area (Å²) in [7, 11) is -3.38. The van der Waals surface area contributed by atoms with E-state index in [0.29, 0.717) is 9.21 Å². The largest absolute Gasteiger partial charge is 0.350 e. The van der Waals surface area contributed by atoms with E-state index in [2.05, 4.69) is 14.9 Å². The molecule has 0 spiro atoms. The molecule has 9 heteroatoms. The first-order valence-corrected chi connectivity index (χ1v) is 11.1. The van der Waals surface area contributed by atoms with Gasteiger partial charge in [-0.15, -0.1) is 11.3 Å². The second kappa shape index (κ2) is 7.70. The fourth-order valence-corrected chi connectivity index (χ4v) is 5.15. The standard InChI is InChI=1S/C15H22ClN3O3S2/c16-14-4-3-13(23-14)15(20)17-7-10-24(21,22)18-11-5-8-19(9-6-11)12-1-2-12/h3-4,11-12,18H,1-2,5-10H2,(H,17,20). The van der Waals surface area contributed by atoms with Crippen LogP contribution in [0.4, 0.5) is 0 Å². The van der Waals surface area contributed by atoms with Crippen molar-refractivity contribution in [1.29, 1.82) is 0 Å². The first-order valence-electron chi connectivity index (χ1n) is 8.20. The number of hydrogen-bond acceptors (Lipinski definition) is 5. The number of sulfonamides is 1. The third-order valence-electron chi connectivity index (χ3n) is 4.39. The van der Waals surface area contributed by atoms with Crippen LogP contribution >= 0.6 is 22.9 Å². The molecule has 2 fully saturated rings. The van der Waals surface area contributed by atoms with Crippen LogP contribution in [0.5, 0.6) is 0 Å². The summed E-state index contributed by atoms with van der Waals surface area (Å²) < 4.78 is 27.6. The molecule has 1 aliphatic carbocycles. The summed E-state index contributed by atoms with van der Waals surface area (Å²) in [5.41, 5.74) is 0. The predicted molar refractivity (Wildman–Crippen MR) is 96.2 cm³/mol. The highest BCUT2D eigenvalue weighted by Crippen LogP contribution is 2.29. The molecule has 0 unspecified atom stereocenters. The van der Waals surface area contributed by atoms with Crippen molar-refractivity contribution in [1.82, 2.24) is 14.9 Å². The predicted octanol–water partition coefficient (Wildman–Crippen LogP) is 1.68. The lowest BCUT2D eigenvalue weighted by molar-refractivity contribution is 0.0960. The van der Waals surface area contributed by atoms with Crippen LogP contribution in [0, 0.1) is 0 Å². The molecule has 1 aromatic rings. The topological polar surface area (TPSA) is 78.5 Å². The maximum atomic E-state index is 12.2. The number of thiophene rings is 1. The molecule has 0 bridgehead atoms. The molecular formula is C15H22ClN3O3S2. The molecular weight excluding hydrogens is 370 g/mol. The maximum absolute atomic E-state index is 12.2. The molecule has 1 saturated heterocycles. The average molecular weight is 392 g/mol. The molecule has 1 amide bonds. The van der Waals surface area contributed by atoms with E-state index in [4.69, 9.17) is 11.6 Å². The van der Waals surface area contributed by atoms with Crippen LogP contribution in [0.25, 0.3) is 0 Å². The number of likely N-dealkylation sites (tertiary alicyclic amines) is 1. The fraction of sp³-hybridized carbons (Fsp3) is 0.667. The number of piperidine rings is 1. The van der Waals surface area contributed by atoms with Crippen molar-refractivity contribution in [3.05, 3.63) is 21.3 Å². The van der Waals surface area contributed by atoms with E-state index in [1.165, 1.54) is 24.2 Å². The molecule has 24 heavy (non-hydrogen) atoms. The van der Waals surface area contributed by atoms with Gasteiger partial charge in [-0.25, -0.2) is 13.1 Å². The van der Waals surface area contributed by atoms with Gasteiger partial charge in [0.05, 0.1) is 15.0 Å². The zero-order chi connectivity index (χ0) is 17.2. The van der Waals surface area contributed by atoms with Gasteiger partial charge >= 0.3 is 0 Å². The van der Waals surface area contributed by atoms with Crippen LogP contribution in [-0.2, 0) is 10.0 Å². The maximum Gasteiger partial charge on any atom is 0.261 e. The Morgan fingerprint density at radius 2 is 1.96 bits per heavy atom. The van der Waals surface area contributed by atoms with Crippen molar-refractivity contribution in [3.8, 4) is 0 Å². The number of nitrogens with one attached hydrogen (secondary N) is 2. The van der Waals surface area contributed by atoms with Crippen LogP contribution in [0.1, 0.15) is 35.4 Å². The molecule has 1 saturated carbocycles. The number of nitrogens with zero attached hydrogens (tertiary/aromatic N) is 1. The van der Waals surface area contributed by atoms with Gasteiger partial charge in [-0.05, 0) is 50.9 Å². The van der Waals surface area contributed by atoms with Crippen LogP contribution in [-0.4, -0.2) is 56.7 Å². The van der Waals surface area contributed by atoms with Crippen molar-refractivity contribution in [2.75, 3.05) is 25.4 Å². The number of carbonyl (C=O) groups is 1. The Hall–Kier alpha value is -0.670. The average Bonchev–Trinajstić information content (AvgIpc) is 3.28. The Balaban J connectivity index is 1.38. The van der Waals surface area contributed by atoms with E-state index in [9.17, 15) is 13.2 Å². The second-order valence-electron chi connectivity index (χ2n) is 6.34. The lowest BCUT2D eigenvalue weighted by atomic mass is 10.1. The first kappa shape index (κ1) is 18.1. The van der Waals surface area contributed by atoms with E-state index in [-0.39, 0.29) is 24.2 Å². The van der Waals surface area contributed by atoms with Gasteiger partial charge < -0.3 is 10.2 Å². The third-order valence-corrected chi connectivity index (χ3v) is 7.06. The van der Waals surface area contributed by atoms with Crippen molar-refractivity contribution >= 4 is 38.9 Å². The Bertz CT molecular complexity index is 680. The molecule has 2 heterocycles. The number of rotatable bonds is 7. The minimum atomic E-state index is -3.38. The van der Waals surface area contributed by atoms with Crippen molar-refractivity contribution in [3.63, 3.8) is 0 Å². The molecule has 3 rings (SSSR count). The number of carbonyl (C=O) groups excluding carboxylic acids is 1. The van der Waals surface area contributed by atoms with Gasteiger partial charge in [0.25, 0.3) is 5.91 Å². The normalized spacial score (nSPS) is 20.2. The highest BCUT2D eigenvalue weighted by molar-refractivity contribution is 7.89. The number of halogens is 1. The fourth-order valence-electron chi connectivity index (χ4n) is 2.96. The Morgan fingerprint density at radius 3 is 2.54 bits per heavy atom. The summed E-state index contributed by atoms with van der Waals surface area (Å²) in [6, 6.07) is 4.02. The SMILES string of the molecule is O=C(NCCS(=O)(=O)NC1CCN(C2CC2)CC1)c1ccc(Cl)s1. The van der Waals surface area contributed by atoms with Crippen LogP contribution in [0.3, 0.4) is 0 Å². The molecule has 1 aromatic heterocycles. The summed E-state index contributed by atoms with van der Waals surface area (Å²) in [6.45, 7) is 2.02. The minimum Gasteiger partial charge on any atom is -0.350 e. The highest BCUT2D eigenvalue weighted by Gasteiger charge is 2.32. The smallest absolute Gasteiger partial charge is 0.261 e. The summed E-state index contributed by atoms with van der Waals surface area (Å²) in [4.78, 5) is 14.8.